The Morgan fingerprint density at radius 3 is 3.05 bits per heavy atom. The quantitative estimate of drug-likeness (QED) is 0.920. The molecule has 0 amide bonds. The Bertz CT molecular complexity index is 460. The summed E-state index contributed by atoms with van der Waals surface area (Å²) < 4.78 is 0. The van der Waals surface area contributed by atoms with Crippen molar-refractivity contribution in [1.82, 2.24) is 9.97 Å². The van der Waals surface area contributed by atoms with Gasteiger partial charge in [0.1, 0.15) is 0 Å². The van der Waals surface area contributed by atoms with Gasteiger partial charge in [-0.25, -0.2) is 9.97 Å². The molecule has 0 radical (unpaired) electrons. The average Bonchev–Trinajstić information content (AvgIpc) is 2.53. The summed E-state index contributed by atoms with van der Waals surface area (Å²) >= 11 is 0. The van der Waals surface area contributed by atoms with Crippen LogP contribution in [0.15, 0.2) is 6.20 Å². The number of nitrogens with two attached hydrogens (primary N) is 1. The Labute approximate surface area is 121 Å². The molecule has 3 rings (SSSR count). The summed E-state index contributed by atoms with van der Waals surface area (Å²) in [5.74, 6) is 2.17. The highest BCUT2D eigenvalue weighted by atomic mass is 15.3. The number of hydrogen-bond acceptors (Lipinski definition) is 4. The highest BCUT2D eigenvalue weighted by Crippen LogP contribution is 2.33. The van der Waals surface area contributed by atoms with Crippen LogP contribution in [-0.4, -0.2) is 29.6 Å². The van der Waals surface area contributed by atoms with Crippen molar-refractivity contribution in [3.05, 3.63) is 17.5 Å². The van der Waals surface area contributed by atoms with Gasteiger partial charge in [0.2, 0.25) is 5.95 Å². The highest BCUT2D eigenvalue weighted by molar-refractivity contribution is 5.36. The van der Waals surface area contributed by atoms with E-state index < -0.39 is 0 Å². The summed E-state index contributed by atoms with van der Waals surface area (Å²) in [4.78, 5) is 11.9. The van der Waals surface area contributed by atoms with E-state index in [0.29, 0.717) is 11.8 Å². The minimum Gasteiger partial charge on any atom is -0.340 e. The summed E-state index contributed by atoms with van der Waals surface area (Å²) in [5.41, 5.74) is 8.52. The van der Waals surface area contributed by atoms with Crippen LogP contribution in [-0.2, 0) is 6.42 Å². The fraction of sp³-hybridized carbons (Fsp3) is 0.750. The van der Waals surface area contributed by atoms with E-state index >= 15 is 0 Å². The lowest BCUT2D eigenvalue weighted by molar-refractivity contribution is 0.418. The van der Waals surface area contributed by atoms with Crippen LogP contribution in [0.5, 0.6) is 0 Å². The Balaban J connectivity index is 1.84. The first-order valence-electron chi connectivity index (χ1n) is 8.12. The van der Waals surface area contributed by atoms with E-state index in [9.17, 15) is 0 Å². The molecule has 1 saturated heterocycles. The number of anilines is 1. The molecule has 1 fully saturated rings. The standard InChI is InChI=1S/C16H26N4/c1-2-13-6-3-7-14-10-18-16(19-15(13)14)20-8-4-5-12(9-17)11-20/h10,12-13H,2-9,11,17H2,1H3. The van der Waals surface area contributed by atoms with E-state index in [1.807, 2.05) is 0 Å². The van der Waals surface area contributed by atoms with Gasteiger partial charge >= 0.3 is 0 Å². The summed E-state index contributed by atoms with van der Waals surface area (Å²) in [6.07, 6.45) is 9.44. The number of fused-ring (bicyclic) bond motifs is 1. The van der Waals surface area contributed by atoms with Gasteiger partial charge in [-0.15, -0.1) is 0 Å². The Morgan fingerprint density at radius 2 is 2.25 bits per heavy atom. The maximum atomic E-state index is 5.83. The highest BCUT2D eigenvalue weighted by Gasteiger charge is 2.25. The number of piperidine rings is 1. The van der Waals surface area contributed by atoms with Gasteiger partial charge in [0, 0.05) is 25.2 Å². The number of aryl methyl sites for hydroxylation is 1. The fourth-order valence-corrected chi connectivity index (χ4v) is 3.62. The smallest absolute Gasteiger partial charge is 0.225 e. The molecule has 110 valence electrons. The first-order valence-corrected chi connectivity index (χ1v) is 8.12. The third-order valence-corrected chi connectivity index (χ3v) is 4.90. The molecule has 0 bridgehead atoms. The molecule has 0 spiro atoms. The van der Waals surface area contributed by atoms with Gasteiger partial charge < -0.3 is 10.6 Å². The van der Waals surface area contributed by atoms with Gasteiger partial charge in [0.25, 0.3) is 0 Å². The van der Waals surface area contributed by atoms with Crippen molar-refractivity contribution < 1.29 is 0 Å². The van der Waals surface area contributed by atoms with Gasteiger partial charge in [0.15, 0.2) is 0 Å². The van der Waals surface area contributed by atoms with Crippen molar-refractivity contribution in [2.75, 3.05) is 24.5 Å². The lowest BCUT2D eigenvalue weighted by atomic mass is 9.86. The molecule has 1 aliphatic carbocycles. The molecule has 2 atom stereocenters. The molecule has 4 heteroatoms. The second kappa shape index (κ2) is 6.08. The van der Waals surface area contributed by atoms with Crippen LogP contribution in [0.25, 0.3) is 0 Å². The molecule has 1 aliphatic heterocycles. The molecule has 20 heavy (non-hydrogen) atoms. The Morgan fingerprint density at radius 1 is 1.35 bits per heavy atom. The second-order valence-corrected chi connectivity index (χ2v) is 6.27. The van der Waals surface area contributed by atoms with Crippen molar-refractivity contribution in [1.29, 1.82) is 0 Å². The molecule has 1 aromatic rings. The third kappa shape index (κ3) is 2.66. The zero-order valence-electron chi connectivity index (χ0n) is 12.5. The number of rotatable bonds is 3. The van der Waals surface area contributed by atoms with Crippen LogP contribution >= 0.6 is 0 Å². The number of hydrogen-bond donors (Lipinski definition) is 1. The van der Waals surface area contributed by atoms with E-state index in [-0.39, 0.29) is 0 Å². The Hall–Kier alpha value is -1.16. The molecule has 1 aromatic heterocycles. The zero-order valence-corrected chi connectivity index (χ0v) is 12.5. The summed E-state index contributed by atoms with van der Waals surface area (Å²) in [6, 6.07) is 0. The van der Waals surface area contributed by atoms with Crippen molar-refractivity contribution >= 4 is 5.95 Å². The fourth-order valence-electron chi connectivity index (χ4n) is 3.62. The van der Waals surface area contributed by atoms with E-state index in [4.69, 9.17) is 10.7 Å². The van der Waals surface area contributed by atoms with Crippen molar-refractivity contribution in [2.45, 2.75) is 51.4 Å². The minimum atomic E-state index is 0.602. The number of nitrogens with zero attached hydrogens (tertiary/aromatic N) is 3. The Kier molecular flexibility index (Phi) is 4.20. The zero-order chi connectivity index (χ0) is 13.9. The average molecular weight is 274 g/mol. The molecular formula is C16H26N4. The molecule has 0 aromatic carbocycles. The predicted molar refractivity (Wildman–Crippen MR) is 82.0 cm³/mol. The van der Waals surface area contributed by atoms with Crippen LogP contribution in [0.3, 0.4) is 0 Å². The van der Waals surface area contributed by atoms with Crippen molar-refractivity contribution in [2.24, 2.45) is 11.7 Å². The van der Waals surface area contributed by atoms with Gasteiger partial charge in [-0.2, -0.15) is 0 Å². The summed E-state index contributed by atoms with van der Waals surface area (Å²) in [6.45, 7) is 5.14. The summed E-state index contributed by atoms with van der Waals surface area (Å²) in [7, 11) is 0. The van der Waals surface area contributed by atoms with Gasteiger partial charge in [0.05, 0.1) is 5.69 Å². The molecule has 2 aliphatic rings. The van der Waals surface area contributed by atoms with Crippen LogP contribution in [0.2, 0.25) is 0 Å². The second-order valence-electron chi connectivity index (χ2n) is 6.27. The third-order valence-electron chi connectivity index (χ3n) is 4.90. The van der Waals surface area contributed by atoms with Crippen LogP contribution in [0, 0.1) is 5.92 Å². The largest absolute Gasteiger partial charge is 0.340 e. The van der Waals surface area contributed by atoms with Crippen molar-refractivity contribution in [3.63, 3.8) is 0 Å². The number of aromatic nitrogens is 2. The van der Waals surface area contributed by atoms with E-state index in [2.05, 4.69) is 23.0 Å². The van der Waals surface area contributed by atoms with Crippen LogP contribution < -0.4 is 10.6 Å². The molecule has 2 unspecified atom stereocenters. The van der Waals surface area contributed by atoms with E-state index in [1.165, 1.54) is 43.4 Å². The maximum absolute atomic E-state index is 5.83. The van der Waals surface area contributed by atoms with Crippen LogP contribution in [0.4, 0.5) is 5.95 Å². The van der Waals surface area contributed by atoms with Crippen LogP contribution in [0.1, 0.15) is 56.2 Å². The molecule has 4 nitrogen and oxygen atoms in total. The molecule has 2 heterocycles. The maximum Gasteiger partial charge on any atom is 0.225 e. The van der Waals surface area contributed by atoms with Gasteiger partial charge in [-0.05, 0) is 56.6 Å². The van der Waals surface area contributed by atoms with Gasteiger partial charge in [-0.3, -0.25) is 0 Å². The first-order chi connectivity index (χ1) is 9.81. The normalized spacial score (nSPS) is 26.4. The molecule has 2 N–H and O–H groups in total. The molecular weight excluding hydrogens is 248 g/mol. The monoisotopic (exact) mass is 274 g/mol. The SMILES string of the molecule is CCC1CCCc2cnc(N3CCCC(CN)C3)nc21. The lowest BCUT2D eigenvalue weighted by Crippen LogP contribution is -2.39. The summed E-state index contributed by atoms with van der Waals surface area (Å²) in [5, 5.41) is 0. The van der Waals surface area contributed by atoms with E-state index in [1.54, 1.807) is 0 Å². The minimum absolute atomic E-state index is 0.602. The van der Waals surface area contributed by atoms with E-state index in [0.717, 1.165) is 32.0 Å². The lowest BCUT2D eigenvalue weighted by Gasteiger charge is -2.33. The molecule has 0 saturated carbocycles. The predicted octanol–water partition coefficient (Wildman–Crippen LogP) is 2.48. The van der Waals surface area contributed by atoms with Crippen molar-refractivity contribution in [3.8, 4) is 0 Å². The first kappa shape index (κ1) is 13.8. The van der Waals surface area contributed by atoms with Gasteiger partial charge in [-0.1, -0.05) is 6.92 Å². The topological polar surface area (TPSA) is 55.0 Å².